The molecule has 2 heterocycles. The van der Waals surface area contributed by atoms with E-state index in [1.807, 2.05) is 36.6 Å². The standard InChI is InChI=1S/C18H16N4O/c1-3-15-16(22-9-5-6-12(2)17(22)21-15)18(23)20-14-8-4-7-13(10-14)11-19/h4-10H,3H2,1-2H3,(H,20,23). The lowest BCUT2D eigenvalue weighted by Crippen LogP contribution is -2.16. The second-order valence-electron chi connectivity index (χ2n) is 5.29. The fourth-order valence-corrected chi connectivity index (χ4v) is 2.59. The first-order valence-corrected chi connectivity index (χ1v) is 7.42. The highest BCUT2D eigenvalue weighted by atomic mass is 16.2. The number of amides is 1. The van der Waals surface area contributed by atoms with Gasteiger partial charge in [0.05, 0.1) is 17.3 Å². The number of aromatic nitrogens is 2. The lowest BCUT2D eigenvalue weighted by atomic mass is 10.2. The van der Waals surface area contributed by atoms with Crippen molar-refractivity contribution >= 4 is 17.2 Å². The number of fused-ring (bicyclic) bond motifs is 1. The SMILES string of the molecule is CCc1nc2c(C)cccn2c1C(=O)Nc1cccc(C#N)c1. The Morgan fingerprint density at radius 2 is 2.17 bits per heavy atom. The van der Waals surface area contributed by atoms with Crippen molar-refractivity contribution in [2.45, 2.75) is 20.3 Å². The third-order valence-electron chi connectivity index (χ3n) is 3.72. The monoisotopic (exact) mass is 304 g/mol. The van der Waals surface area contributed by atoms with Crippen LogP contribution in [0, 0.1) is 18.3 Å². The Bertz CT molecular complexity index is 934. The van der Waals surface area contributed by atoms with Gasteiger partial charge in [-0.3, -0.25) is 9.20 Å². The van der Waals surface area contributed by atoms with Crippen LogP contribution >= 0.6 is 0 Å². The Hall–Kier alpha value is -3.13. The molecule has 0 atom stereocenters. The molecule has 0 saturated carbocycles. The molecule has 0 spiro atoms. The maximum absolute atomic E-state index is 12.7. The normalized spacial score (nSPS) is 10.5. The van der Waals surface area contributed by atoms with E-state index < -0.39 is 0 Å². The van der Waals surface area contributed by atoms with E-state index in [4.69, 9.17) is 5.26 Å². The lowest BCUT2D eigenvalue weighted by molar-refractivity contribution is 0.102. The molecular formula is C18H16N4O. The van der Waals surface area contributed by atoms with Crippen molar-refractivity contribution in [1.82, 2.24) is 9.38 Å². The number of hydrogen-bond acceptors (Lipinski definition) is 3. The fraction of sp³-hybridized carbons (Fsp3) is 0.167. The zero-order chi connectivity index (χ0) is 16.4. The summed E-state index contributed by atoms with van der Waals surface area (Å²) in [7, 11) is 0. The van der Waals surface area contributed by atoms with Crippen LogP contribution in [0.4, 0.5) is 5.69 Å². The summed E-state index contributed by atoms with van der Waals surface area (Å²) in [5.41, 5.74) is 4.21. The number of imidazole rings is 1. The Balaban J connectivity index is 2.04. The van der Waals surface area contributed by atoms with Crippen molar-refractivity contribution < 1.29 is 4.79 Å². The topological polar surface area (TPSA) is 70.2 Å². The molecule has 0 fully saturated rings. The van der Waals surface area contributed by atoms with Crippen molar-refractivity contribution in [3.05, 3.63) is 65.1 Å². The minimum Gasteiger partial charge on any atom is -0.321 e. The van der Waals surface area contributed by atoms with Crippen molar-refractivity contribution in [3.63, 3.8) is 0 Å². The van der Waals surface area contributed by atoms with Crippen molar-refractivity contribution in [2.24, 2.45) is 0 Å². The molecular weight excluding hydrogens is 288 g/mol. The molecule has 5 heteroatoms. The third-order valence-corrected chi connectivity index (χ3v) is 3.72. The van der Waals surface area contributed by atoms with Crippen molar-refractivity contribution in [2.75, 3.05) is 5.32 Å². The van der Waals surface area contributed by atoms with Crippen LogP contribution in [-0.2, 0) is 6.42 Å². The molecule has 0 saturated heterocycles. The molecule has 2 aromatic heterocycles. The molecule has 3 rings (SSSR count). The number of nitrogens with one attached hydrogen (secondary N) is 1. The molecule has 3 aromatic rings. The van der Waals surface area contributed by atoms with Gasteiger partial charge < -0.3 is 5.32 Å². The van der Waals surface area contributed by atoms with E-state index in [-0.39, 0.29) is 5.91 Å². The average Bonchev–Trinajstić information content (AvgIpc) is 2.95. The number of pyridine rings is 1. The van der Waals surface area contributed by atoms with E-state index in [0.29, 0.717) is 23.4 Å². The summed E-state index contributed by atoms with van der Waals surface area (Å²) in [5.74, 6) is -0.227. The summed E-state index contributed by atoms with van der Waals surface area (Å²) >= 11 is 0. The second-order valence-corrected chi connectivity index (χ2v) is 5.29. The van der Waals surface area contributed by atoms with Gasteiger partial charge in [-0.15, -0.1) is 0 Å². The first-order chi connectivity index (χ1) is 11.1. The van der Waals surface area contributed by atoms with Gasteiger partial charge >= 0.3 is 0 Å². The summed E-state index contributed by atoms with van der Waals surface area (Å²) < 4.78 is 1.82. The summed E-state index contributed by atoms with van der Waals surface area (Å²) in [6.07, 6.45) is 2.51. The number of nitriles is 1. The maximum Gasteiger partial charge on any atom is 0.274 e. The van der Waals surface area contributed by atoms with Crippen LogP contribution in [0.3, 0.4) is 0 Å². The number of benzene rings is 1. The molecule has 1 N–H and O–H groups in total. The van der Waals surface area contributed by atoms with E-state index in [1.165, 1.54) is 0 Å². The fourth-order valence-electron chi connectivity index (χ4n) is 2.59. The number of hydrogen-bond donors (Lipinski definition) is 1. The number of carbonyl (C=O) groups is 1. The number of anilines is 1. The molecule has 1 aromatic carbocycles. The van der Waals surface area contributed by atoms with Gasteiger partial charge in [0, 0.05) is 11.9 Å². The van der Waals surface area contributed by atoms with Crippen LogP contribution in [0.25, 0.3) is 5.65 Å². The molecule has 114 valence electrons. The maximum atomic E-state index is 12.7. The Morgan fingerprint density at radius 1 is 1.35 bits per heavy atom. The van der Waals surface area contributed by atoms with Crippen molar-refractivity contribution in [3.8, 4) is 6.07 Å². The smallest absolute Gasteiger partial charge is 0.274 e. The number of aryl methyl sites for hydroxylation is 2. The summed E-state index contributed by atoms with van der Waals surface area (Å²) in [6, 6.07) is 12.8. The molecule has 0 aliphatic rings. The highest BCUT2D eigenvalue weighted by Crippen LogP contribution is 2.18. The summed E-state index contributed by atoms with van der Waals surface area (Å²) in [4.78, 5) is 17.3. The Kier molecular flexibility index (Phi) is 3.82. The van der Waals surface area contributed by atoms with E-state index in [1.54, 1.807) is 24.3 Å². The van der Waals surface area contributed by atoms with Crippen LogP contribution in [0.1, 0.15) is 34.2 Å². The zero-order valence-corrected chi connectivity index (χ0v) is 13.0. The number of rotatable bonds is 3. The van der Waals surface area contributed by atoms with E-state index in [0.717, 1.165) is 16.9 Å². The minimum absolute atomic E-state index is 0.227. The van der Waals surface area contributed by atoms with Crippen LogP contribution in [0.15, 0.2) is 42.6 Å². The summed E-state index contributed by atoms with van der Waals surface area (Å²) in [5, 5.41) is 11.8. The molecule has 0 unspecified atom stereocenters. The molecule has 5 nitrogen and oxygen atoms in total. The summed E-state index contributed by atoms with van der Waals surface area (Å²) in [6.45, 7) is 3.95. The van der Waals surface area contributed by atoms with Crippen LogP contribution in [0.2, 0.25) is 0 Å². The van der Waals surface area contributed by atoms with Gasteiger partial charge in [0.25, 0.3) is 5.91 Å². The molecule has 0 bridgehead atoms. The number of nitrogens with zero attached hydrogens (tertiary/aromatic N) is 3. The van der Waals surface area contributed by atoms with E-state index >= 15 is 0 Å². The highest BCUT2D eigenvalue weighted by Gasteiger charge is 2.19. The van der Waals surface area contributed by atoms with Crippen molar-refractivity contribution in [1.29, 1.82) is 5.26 Å². The van der Waals surface area contributed by atoms with Crippen LogP contribution < -0.4 is 5.32 Å². The van der Waals surface area contributed by atoms with Gasteiger partial charge in [-0.25, -0.2) is 4.98 Å². The molecule has 0 radical (unpaired) electrons. The van der Waals surface area contributed by atoms with Crippen LogP contribution in [0.5, 0.6) is 0 Å². The average molecular weight is 304 g/mol. The number of carbonyl (C=O) groups excluding carboxylic acids is 1. The Morgan fingerprint density at radius 3 is 2.91 bits per heavy atom. The highest BCUT2D eigenvalue weighted by molar-refractivity contribution is 6.04. The molecule has 0 aliphatic carbocycles. The Labute approximate surface area is 134 Å². The molecule has 1 amide bonds. The first-order valence-electron chi connectivity index (χ1n) is 7.42. The van der Waals surface area contributed by atoms with E-state index in [9.17, 15) is 4.79 Å². The van der Waals surface area contributed by atoms with E-state index in [2.05, 4.69) is 16.4 Å². The second kappa shape index (κ2) is 5.93. The van der Waals surface area contributed by atoms with Gasteiger partial charge in [-0.05, 0) is 43.2 Å². The third kappa shape index (κ3) is 2.67. The predicted octanol–water partition coefficient (Wildman–Crippen LogP) is 3.33. The lowest BCUT2D eigenvalue weighted by Gasteiger charge is -2.07. The molecule has 23 heavy (non-hydrogen) atoms. The zero-order valence-electron chi connectivity index (χ0n) is 13.0. The van der Waals surface area contributed by atoms with Gasteiger partial charge in [0.1, 0.15) is 11.3 Å². The quantitative estimate of drug-likeness (QED) is 0.807. The predicted molar refractivity (Wildman–Crippen MR) is 88.4 cm³/mol. The largest absolute Gasteiger partial charge is 0.321 e. The van der Waals surface area contributed by atoms with Gasteiger partial charge in [-0.1, -0.05) is 19.1 Å². The minimum atomic E-state index is -0.227. The van der Waals surface area contributed by atoms with Gasteiger partial charge in [0.15, 0.2) is 0 Å². The van der Waals surface area contributed by atoms with Gasteiger partial charge in [-0.2, -0.15) is 5.26 Å². The van der Waals surface area contributed by atoms with Gasteiger partial charge in [0.2, 0.25) is 0 Å². The molecule has 0 aliphatic heterocycles. The first kappa shape index (κ1) is 14.8. The van der Waals surface area contributed by atoms with Crippen LogP contribution in [-0.4, -0.2) is 15.3 Å².